The van der Waals surface area contributed by atoms with Gasteiger partial charge in [-0.2, -0.15) is 0 Å². The number of nitrogens with two attached hydrogens (primary N) is 1. The summed E-state index contributed by atoms with van der Waals surface area (Å²) in [5, 5.41) is 6.10. The summed E-state index contributed by atoms with van der Waals surface area (Å²) in [4.78, 5) is 33.2. The number of thiazole rings is 1. The van der Waals surface area contributed by atoms with E-state index in [2.05, 4.69) is 32.6 Å². The van der Waals surface area contributed by atoms with Crippen LogP contribution in [0.15, 0.2) is 60.0 Å². The van der Waals surface area contributed by atoms with E-state index in [1.54, 1.807) is 35.6 Å². The molecule has 166 valence electrons. The zero-order valence-electron chi connectivity index (χ0n) is 18.0. The van der Waals surface area contributed by atoms with Crippen molar-refractivity contribution in [2.45, 2.75) is 19.5 Å². The lowest BCUT2D eigenvalue weighted by Gasteiger charge is -2.37. The maximum Gasteiger partial charge on any atom is 0.248 e. The highest BCUT2D eigenvalue weighted by atomic mass is 32.1. The van der Waals surface area contributed by atoms with Crippen molar-refractivity contribution in [2.24, 2.45) is 5.73 Å². The van der Waals surface area contributed by atoms with Crippen molar-refractivity contribution in [1.29, 1.82) is 0 Å². The van der Waals surface area contributed by atoms with E-state index < -0.39 is 5.91 Å². The van der Waals surface area contributed by atoms with E-state index in [1.165, 1.54) is 0 Å². The molecule has 0 saturated carbocycles. The average Bonchev–Trinajstić information content (AvgIpc) is 3.28. The second-order valence-corrected chi connectivity index (χ2v) is 8.79. The Balaban J connectivity index is 1.26. The molecule has 3 N–H and O–H groups in total. The van der Waals surface area contributed by atoms with E-state index in [1.807, 2.05) is 25.1 Å². The third kappa shape index (κ3) is 5.40. The molecule has 1 fully saturated rings. The third-order valence-corrected chi connectivity index (χ3v) is 6.67. The van der Waals surface area contributed by atoms with E-state index in [0.29, 0.717) is 11.3 Å². The normalized spacial score (nSPS) is 15.9. The maximum absolute atomic E-state index is 12.7. The molecule has 0 radical (unpaired) electrons. The second-order valence-electron chi connectivity index (χ2n) is 7.93. The van der Waals surface area contributed by atoms with E-state index in [9.17, 15) is 9.59 Å². The van der Waals surface area contributed by atoms with E-state index >= 15 is 0 Å². The highest BCUT2D eigenvalue weighted by molar-refractivity contribution is 7.13. The molecule has 8 heteroatoms. The van der Waals surface area contributed by atoms with Crippen LogP contribution in [0.5, 0.6) is 0 Å². The number of nitrogens with one attached hydrogen (secondary N) is 1. The number of carbonyl (C=O) groups excluding carboxylic acids is 2. The summed E-state index contributed by atoms with van der Waals surface area (Å²) in [6.07, 6.45) is 0. The molecule has 0 spiro atoms. The van der Waals surface area contributed by atoms with Crippen LogP contribution in [0.1, 0.15) is 23.0 Å². The van der Waals surface area contributed by atoms with Crippen LogP contribution in [0.3, 0.4) is 0 Å². The molecule has 0 bridgehead atoms. The highest BCUT2D eigenvalue weighted by Crippen LogP contribution is 2.24. The van der Waals surface area contributed by atoms with E-state index in [0.717, 1.165) is 49.0 Å². The molecular weight excluding hydrogens is 422 g/mol. The van der Waals surface area contributed by atoms with Crippen molar-refractivity contribution in [3.8, 4) is 10.6 Å². The zero-order valence-corrected chi connectivity index (χ0v) is 18.8. The van der Waals surface area contributed by atoms with Crippen LogP contribution < -0.4 is 11.1 Å². The van der Waals surface area contributed by atoms with Crippen LogP contribution in [-0.4, -0.2) is 58.8 Å². The number of primary amides is 1. The van der Waals surface area contributed by atoms with Gasteiger partial charge < -0.3 is 11.1 Å². The minimum atomic E-state index is -0.483. The highest BCUT2D eigenvalue weighted by Gasteiger charge is 2.26. The van der Waals surface area contributed by atoms with Gasteiger partial charge >= 0.3 is 0 Å². The first-order valence-electron chi connectivity index (χ1n) is 10.7. The van der Waals surface area contributed by atoms with Gasteiger partial charge in [0.25, 0.3) is 0 Å². The van der Waals surface area contributed by atoms with Crippen LogP contribution in [0.25, 0.3) is 10.6 Å². The lowest BCUT2D eigenvalue weighted by atomic mass is 10.1. The number of carbonyl (C=O) groups is 2. The first-order chi connectivity index (χ1) is 15.5. The Kier molecular flexibility index (Phi) is 6.94. The van der Waals surface area contributed by atoms with Crippen molar-refractivity contribution in [3.05, 3.63) is 71.2 Å². The molecule has 0 aliphatic carbocycles. The minimum absolute atomic E-state index is 0.0581. The molecule has 1 aliphatic rings. The van der Waals surface area contributed by atoms with Crippen molar-refractivity contribution < 1.29 is 9.59 Å². The summed E-state index contributed by atoms with van der Waals surface area (Å²) < 4.78 is 0. The maximum atomic E-state index is 12.7. The number of nitrogens with zero attached hydrogens (tertiary/aromatic N) is 3. The molecule has 1 aromatic heterocycles. The molecule has 1 saturated heterocycles. The largest absolute Gasteiger partial charge is 0.366 e. The van der Waals surface area contributed by atoms with Gasteiger partial charge in [0.05, 0.1) is 11.7 Å². The van der Waals surface area contributed by atoms with Gasteiger partial charge in [-0.05, 0) is 31.2 Å². The van der Waals surface area contributed by atoms with E-state index in [4.69, 9.17) is 10.7 Å². The summed E-state index contributed by atoms with van der Waals surface area (Å²) >= 11 is 1.68. The Morgan fingerprint density at radius 1 is 1.06 bits per heavy atom. The Morgan fingerprint density at radius 3 is 2.41 bits per heavy atom. The lowest BCUT2D eigenvalue weighted by Crippen LogP contribution is -2.52. The molecule has 1 aliphatic heterocycles. The number of piperazine rings is 1. The first kappa shape index (κ1) is 22.1. The Labute approximate surface area is 191 Å². The predicted molar refractivity (Wildman–Crippen MR) is 127 cm³/mol. The van der Waals surface area contributed by atoms with Gasteiger partial charge in [-0.3, -0.25) is 19.4 Å². The Bertz CT molecular complexity index is 1060. The molecule has 2 heterocycles. The fourth-order valence-electron chi connectivity index (χ4n) is 3.76. The van der Waals surface area contributed by atoms with Gasteiger partial charge in [-0.25, -0.2) is 4.98 Å². The fraction of sp³-hybridized carbons (Fsp3) is 0.292. The SMILES string of the molecule is CC(C(=O)Nc1ccc(C(N)=O)cc1)N1CCN(Cc2csc(-c3ccccc3)n2)CC1. The summed E-state index contributed by atoms with van der Waals surface area (Å²) in [5.41, 5.74) is 8.57. The molecule has 32 heavy (non-hydrogen) atoms. The smallest absolute Gasteiger partial charge is 0.248 e. The average molecular weight is 450 g/mol. The van der Waals surface area contributed by atoms with Crippen LogP contribution in [-0.2, 0) is 11.3 Å². The topological polar surface area (TPSA) is 91.6 Å². The second kappa shape index (κ2) is 10.0. The number of hydrogen-bond donors (Lipinski definition) is 2. The number of amides is 2. The van der Waals surface area contributed by atoms with Crippen LogP contribution in [0.2, 0.25) is 0 Å². The fourth-order valence-corrected chi connectivity index (χ4v) is 4.58. The summed E-state index contributed by atoms with van der Waals surface area (Å²) in [6, 6.07) is 16.6. The molecule has 3 aromatic rings. The zero-order chi connectivity index (χ0) is 22.5. The molecule has 1 unspecified atom stereocenters. The Hall–Kier alpha value is -3.07. The van der Waals surface area contributed by atoms with Gasteiger partial charge in [0.1, 0.15) is 5.01 Å². The minimum Gasteiger partial charge on any atom is -0.366 e. The number of rotatable bonds is 7. The summed E-state index contributed by atoms with van der Waals surface area (Å²) in [6.45, 7) is 6.18. The lowest BCUT2D eigenvalue weighted by molar-refractivity contribution is -0.121. The van der Waals surface area contributed by atoms with Crippen LogP contribution in [0.4, 0.5) is 5.69 Å². The van der Waals surface area contributed by atoms with Gasteiger partial charge in [0.2, 0.25) is 11.8 Å². The van der Waals surface area contributed by atoms with Crippen LogP contribution >= 0.6 is 11.3 Å². The Morgan fingerprint density at radius 2 is 1.75 bits per heavy atom. The molecule has 7 nitrogen and oxygen atoms in total. The molecule has 1 atom stereocenters. The molecule has 2 aromatic carbocycles. The summed E-state index contributed by atoms with van der Waals surface area (Å²) in [7, 11) is 0. The van der Waals surface area contributed by atoms with Gasteiger partial charge in [-0.1, -0.05) is 30.3 Å². The molecular formula is C24H27N5O2S. The van der Waals surface area contributed by atoms with Gasteiger partial charge in [0, 0.05) is 54.9 Å². The van der Waals surface area contributed by atoms with Crippen molar-refractivity contribution in [1.82, 2.24) is 14.8 Å². The molecule has 4 rings (SSSR count). The third-order valence-electron chi connectivity index (χ3n) is 5.73. The number of benzene rings is 2. The van der Waals surface area contributed by atoms with Gasteiger partial charge in [-0.15, -0.1) is 11.3 Å². The number of aromatic nitrogens is 1. The number of anilines is 1. The van der Waals surface area contributed by atoms with Crippen molar-refractivity contribution in [2.75, 3.05) is 31.5 Å². The van der Waals surface area contributed by atoms with Crippen LogP contribution in [0, 0.1) is 0 Å². The summed E-state index contributed by atoms with van der Waals surface area (Å²) in [5.74, 6) is -0.541. The molecule has 2 amide bonds. The van der Waals surface area contributed by atoms with Crippen molar-refractivity contribution in [3.63, 3.8) is 0 Å². The number of hydrogen-bond acceptors (Lipinski definition) is 6. The quantitative estimate of drug-likeness (QED) is 0.579. The van der Waals surface area contributed by atoms with E-state index in [-0.39, 0.29) is 11.9 Å². The monoisotopic (exact) mass is 449 g/mol. The standard InChI is InChI=1S/C24H27N5O2S/c1-17(23(31)26-20-9-7-18(8-10-20)22(25)30)29-13-11-28(12-14-29)15-21-16-32-24(27-21)19-5-3-2-4-6-19/h2-10,16-17H,11-15H2,1H3,(H2,25,30)(H,26,31). The predicted octanol–water partition coefficient (Wildman–Crippen LogP) is 3.05. The van der Waals surface area contributed by atoms with Crippen molar-refractivity contribution >= 4 is 28.8 Å². The van der Waals surface area contributed by atoms with Gasteiger partial charge in [0.15, 0.2) is 0 Å². The first-order valence-corrected chi connectivity index (χ1v) is 11.5.